The first-order valence-corrected chi connectivity index (χ1v) is 8.44. The number of aryl methyl sites for hydroxylation is 1. The molecule has 0 spiro atoms. The van der Waals surface area contributed by atoms with Crippen LogP contribution in [-0.2, 0) is 13.0 Å². The lowest BCUT2D eigenvalue weighted by atomic mass is 10.1. The van der Waals surface area contributed by atoms with Crippen LogP contribution in [0.3, 0.4) is 0 Å². The van der Waals surface area contributed by atoms with Crippen LogP contribution in [0.25, 0.3) is 0 Å². The second-order valence-corrected chi connectivity index (χ2v) is 6.21. The molecule has 124 valence electrons. The average molecular weight is 323 g/mol. The predicted octanol–water partition coefficient (Wildman–Crippen LogP) is 3.58. The first-order valence-electron chi connectivity index (χ1n) is 8.44. The molecule has 0 aromatic heterocycles. The van der Waals surface area contributed by atoms with Crippen molar-refractivity contribution in [1.29, 1.82) is 5.26 Å². The van der Waals surface area contributed by atoms with Gasteiger partial charge in [0.25, 0.3) is 0 Å². The highest BCUT2D eigenvalue weighted by atomic mass is 19.1. The number of nitrogens with zero attached hydrogens (tertiary/aromatic N) is 3. The van der Waals surface area contributed by atoms with Gasteiger partial charge in [0.2, 0.25) is 0 Å². The van der Waals surface area contributed by atoms with Crippen LogP contribution < -0.4 is 4.90 Å². The minimum Gasteiger partial charge on any atom is -0.367 e. The second-order valence-electron chi connectivity index (χ2n) is 6.21. The normalized spacial score (nSPS) is 15.3. The fourth-order valence-corrected chi connectivity index (χ4v) is 3.12. The zero-order valence-corrected chi connectivity index (χ0v) is 14.0. The summed E-state index contributed by atoms with van der Waals surface area (Å²) in [5, 5.41) is 8.83. The zero-order chi connectivity index (χ0) is 16.9. The van der Waals surface area contributed by atoms with E-state index in [1.165, 1.54) is 17.2 Å². The molecule has 0 N–H and O–H groups in total. The van der Waals surface area contributed by atoms with Crippen LogP contribution in [0.2, 0.25) is 0 Å². The molecule has 0 bridgehead atoms. The molecule has 1 aliphatic heterocycles. The van der Waals surface area contributed by atoms with Gasteiger partial charge < -0.3 is 4.90 Å². The van der Waals surface area contributed by atoms with Gasteiger partial charge in [0.05, 0.1) is 17.3 Å². The van der Waals surface area contributed by atoms with E-state index >= 15 is 0 Å². The zero-order valence-electron chi connectivity index (χ0n) is 14.0. The van der Waals surface area contributed by atoms with Gasteiger partial charge in [-0.3, -0.25) is 4.90 Å². The number of hydrogen-bond donors (Lipinski definition) is 0. The monoisotopic (exact) mass is 323 g/mol. The van der Waals surface area contributed by atoms with Crippen molar-refractivity contribution in [1.82, 2.24) is 4.90 Å². The molecule has 3 nitrogen and oxygen atoms in total. The SMILES string of the molecule is CCc1ccc(CN2CCN(c3ccc(C#N)cc3F)CC2)cc1. The highest BCUT2D eigenvalue weighted by Gasteiger charge is 2.19. The van der Waals surface area contributed by atoms with Crippen molar-refractivity contribution in [2.24, 2.45) is 0 Å². The van der Waals surface area contributed by atoms with Crippen molar-refractivity contribution in [3.05, 3.63) is 65.0 Å². The highest BCUT2D eigenvalue weighted by Crippen LogP contribution is 2.22. The van der Waals surface area contributed by atoms with Crippen LogP contribution in [0, 0.1) is 17.1 Å². The van der Waals surface area contributed by atoms with Crippen LogP contribution in [0.5, 0.6) is 0 Å². The largest absolute Gasteiger partial charge is 0.367 e. The summed E-state index contributed by atoms with van der Waals surface area (Å²) in [6, 6.07) is 15.5. The molecule has 24 heavy (non-hydrogen) atoms. The van der Waals surface area contributed by atoms with E-state index < -0.39 is 0 Å². The molecule has 2 aromatic carbocycles. The number of nitriles is 1. The van der Waals surface area contributed by atoms with E-state index in [2.05, 4.69) is 41.0 Å². The summed E-state index contributed by atoms with van der Waals surface area (Å²) in [7, 11) is 0. The lowest BCUT2D eigenvalue weighted by Gasteiger charge is -2.36. The molecule has 0 amide bonds. The number of anilines is 1. The fourth-order valence-electron chi connectivity index (χ4n) is 3.12. The molecule has 1 saturated heterocycles. The first kappa shape index (κ1) is 16.5. The van der Waals surface area contributed by atoms with E-state index in [0.717, 1.165) is 39.1 Å². The topological polar surface area (TPSA) is 30.3 Å². The summed E-state index contributed by atoms with van der Waals surface area (Å²) >= 11 is 0. The minimum atomic E-state index is -0.308. The van der Waals surface area contributed by atoms with Crippen LogP contribution in [0.1, 0.15) is 23.6 Å². The Morgan fingerprint density at radius 2 is 1.67 bits per heavy atom. The maximum absolute atomic E-state index is 14.1. The van der Waals surface area contributed by atoms with Crippen molar-refractivity contribution in [3.63, 3.8) is 0 Å². The Labute approximate surface area is 142 Å². The molecule has 1 heterocycles. The van der Waals surface area contributed by atoms with Gasteiger partial charge in [-0.05, 0) is 35.7 Å². The molecule has 0 unspecified atom stereocenters. The molecule has 1 aliphatic rings. The van der Waals surface area contributed by atoms with Crippen molar-refractivity contribution >= 4 is 5.69 Å². The molecule has 4 heteroatoms. The highest BCUT2D eigenvalue weighted by molar-refractivity contribution is 5.51. The van der Waals surface area contributed by atoms with Gasteiger partial charge >= 0.3 is 0 Å². The molecule has 1 fully saturated rings. The third kappa shape index (κ3) is 3.74. The summed E-state index contributed by atoms with van der Waals surface area (Å²) in [6.07, 6.45) is 1.06. The van der Waals surface area contributed by atoms with E-state index in [9.17, 15) is 4.39 Å². The average Bonchev–Trinajstić information content (AvgIpc) is 2.63. The summed E-state index contributed by atoms with van der Waals surface area (Å²) in [4.78, 5) is 4.46. The summed E-state index contributed by atoms with van der Waals surface area (Å²) in [5.74, 6) is -0.308. The van der Waals surface area contributed by atoms with Crippen LogP contribution >= 0.6 is 0 Å². The smallest absolute Gasteiger partial charge is 0.147 e. The summed E-state index contributed by atoms with van der Waals surface area (Å²) in [5.41, 5.74) is 3.65. The third-order valence-electron chi connectivity index (χ3n) is 4.63. The van der Waals surface area contributed by atoms with Gasteiger partial charge in [0.1, 0.15) is 5.82 Å². The van der Waals surface area contributed by atoms with E-state index in [1.54, 1.807) is 12.1 Å². The molecule has 0 aliphatic carbocycles. The van der Waals surface area contributed by atoms with Gasteiger partial charge in [-0.25, -0.2) is 4.39 Å². The summed E-state index contributed by atoms with van der Waals surface area (Å²) < 4.78 is 14.1. The molecular weight excluding hydrogens is 301 g/mol. The van der Waals surface area contributed by atoms with E-state index in [0.29, 0.717) is 11.3 Å². The van der Waals surface area contributed by atoms with Crippen molar-refractivity contribution in [3.8, 4) is 6.07 Å². The van der Waals surface area contributed by atoms with Crippen molar-refractivity contribution < 1.29 is 4.39 Å². The van der Waals surface area contributed by atoms with E-state index in [-0.39, 0.29) is 5.82 Å². The predicted molar refractivity (Wildman–Crippen MR) is 94.4 cm³/mol. The fraction of sp³-hybridized carbons (Fsp3) is 0.350. The minimum absolute atomic E-state index is 0.308. The van der Waals surface area contributed by atoms with Gasteiger partial charge in [-0.2, -0.15) is 5.26 Å². The van der Waals surface area contributed by atoms with Gasteiger partial charge in [-0.1, -0.05) is 31.2 Å². The van der Waals surface area contributed by atoms with Crippen molar-refractivity contribution in [2.45, 2.75) is 19.9 Å². The standard InChI is InChI=1S/C20H22FN3/c1-2-16-3-5-17(6-4-16)15-23-9-11-24(12-10-23)20-8-7-18(14-22)13-19(20)21/h3-8,13H,2,9-12,15H2,1H3. The first-order chi connectivity index (χ1) is 11.7. The van der Waals surface area contributed by atoms with Gasteiger partial charge in [0, 0.05) is 32.7 Å². The van der Waals surface area contributed by atoms with E-state index in [1.807, 2.05) is 6.07 Å². The van der Waals surface area contributed by atoms with E-state index in [4.69, 9.17) is 5.26 Å². The number of rotatable bonds is 4. The Morgan fingerprint density at radius 1 is 1.00 bits per heavy atom. The number of halogens is 1. The maximum atomic E-state index is 14.1. The lowest BCUT2D eigenvalue weighted by Crippen LogP contribution is -2.46. The number of piperazine rings is 1. The van der Waals surface area contributed by atoms with Crippen molar-refractivity contribution in [2.75, 3.05) is 31.1 Å². The summed E-state index contributed by atoms with van der Waals surface area (Å²) in [6.45, 7) is 6.53. The number of benzene rings is 2. The Bertz CT molecular complexity index is 726. The Morgan fingerprint density at radius 3 is 2.25 bits per heavy atom. The molecule has 0 atom stereocenters. The Hall–Kier alpha value is -2.38. The number of hydrogen-bond acceptors (Lipinski definition) is 3. The second kappa shape index (κ2) is 7.46. The lowest BCUT2D eigenvalue weighted by molar-refractivity contribution is 0.249. The van der Waals surface area contributed by atoms with Crippen LogP contribution in [-0.4, -0.2) is 31.1 Å². The molecule has 3 rings (SSSR count). The molecule has 2 aromatic rings. The third-order valence-corrected chi connectivity index (χ3v) is 4.63. The molecular formula is C20H22FN3. The Kier molecular flexibility index (Phi) is 5.12. The molecule has 0 saturated carbocycles. The quantitative estimate of drug-likeness (QED) is 0.861. The van der Waals surface area contributed by atoms with Gasteiger partial charge in [-0.15, -0.1) is 0 Å². The maximum Gasteiger partial charge on any atom is 0.147 e. The Balaban J connectivity index is 1.58. The van der Waals surface area contributed by atoms with Crippen LogP contribution in [0.4, 0.5) is 10.1 Å². The van der Waals surface area contributed by atoms with Gasteiger partial charge in [0.15, 0.2) is 0 Å². The van der Waals surface area contributed by atoms with Crippen LogP contribution in [0.15, 0.2) is 42.5 Å². The molecule has 0 radical (unpaired) electrons.